The van der Waals surface area contributed by atoms with Gasteiger partial charge in [-0.25, -0.2) is 0 Å². The summed E-state index contributed by atoms with van der Waals surface area (Å²) in [6.45, 7) is 39.6. The van der Waals surface area contributed by atoms with Crippen LogP contribution in [-0.2, 0) is 14.8 Å². The van der Waals surface area contributed by atoms with Gasteiger partial charge in [0.1, 0.15) is 0 Å². The maximum absolute atomic E-state index is 9.96. The van der Waals surface area contributed by atoms with E-state index in [0.29, 0.717) is 17.8 Å². The van der Waals surface area contributed by atoms with Crippen molar-refractivity contribution in [3.8, 4) is 0 Å². The molecule has 0 fully saturated rings. The maximum atomic E-state index is 9.96. The van der Waals surface area contributed by atoms with Gasteiger partial charge < -0.3 is 6.92 Å². The number of halogens is 2. The minimum absolute atomic E-state index is 0.583. The van der Waals surface area contributed by atoms with Crippen LogP contribution in [0.25, 0.3) is 0 Å². The van der Waals surface area contributed by atoms with E-state index in [2.05, 4.69) is 136 Å². The summed E-state index contributed by atoms with van der Waals surface area (Å²) in [4.78, 5) is 0. The molecule has 0 aliphatic carbocycles. The molecule has 0 rings (SSSR count). The first kappa shape index (κ1) is 42.6. The molecule has 0 aliphatic heterocycles. The summed E-state index contributed by atoms with van der Waals surface area (Å²) in [5.74, 6) is 3.59. The Hall–Kier alpha value is 0.503. The fourth-order valence-electron chi connectivity index (χ4n) is 2.02. The zero-order valence-corrected chi connectivity index (χ0v) is 29.5. The van der Waals surface area contributed by atoms with Crippen LogP contribution in [0.1, 0.15) is 111 Å². The van der Waals surface area contributed by atoms with Gasteiger partial charge in [0.15, 0.2) is 0 Å². The summed E-state index contributed by atoms with van der Waals surface area (Å²) < 4.78 is 15.5. The van der Waals surface area contributed by atoms with E-state index in [1.807, 2.05) is 0 Å². The van der Waals surface area contributed by atoms with Gasteiger partial charge in [-0.15, -0.1) is 0 Å². The summed E-state index contributed by atoms with van der Waals surface area (Å²) in [7, 11) is -1.00. The molecule has 0 aliphatic rings. The summed E-state index contributed by atoms with van der Waals surface area (Å²) in [5, 5.41) is 0. The summed E-state index contributed by atoms with van der Waals surface area (Å²) in [6, 6.07) is 0. The van der Waals surface area contributed by atoms with E-state index in [9.17, 15) is 4.39 Å². The standard InChI is InChI=1S/2C9H18.C6H12.C4H9.CH3F.HI.Zn/c2*1-7(2)6-9(5)8(3)4;1-4-6(3)5-2;1-4(2)3;1-2;;/h2*7,9H,3,6H2,1-2,4-5H3;4H,5H2,1-3H3;4H,1H2,2-3H3;1H3;1H;/q;;;-1;;;+2/p-1/b;;6-4+;;;;/t2*9-;;;;;/m10...../s1/i;;;;1D;;. The van der Waals surface area contributed by atoms with Crippen molar-refractivity contribution in [2.45, 2.75) is 109 Å². The monoisotopic (exact) mass is 619 g/mol. The molecule has 0 N–H and O–H groups in total. The number of hydrogen-bond acceptors (Lipinski definition) is 0. The third-order valence-corrected chi connectivity index (χ3v) is 4.38. The Bertz CT molecular complexity index is 389. The molecule has 0 nitrogen and oxygen atoms in total. The Balaban J connectivity index is -0.0000000712. The normalized spacial score (nSPS) is 12.0. The van der Waals surface area contributed by atoms with E-state index in [0.717, 1.165) is 11.8 Å². The molecule has 0 aromatic rings. The van der Waals surface area contributed by atoms with E-state index < -0.39 is 7.15 Å². The molecule has 32 heavy (non-hydrogen) atoms. The predicted octanol–water partition coefficient (Wildman–Crippen LogP) is 11.8. The topological polar surface area (TPSA) is 0 Å². The summed E-state index contributed by atoms with van der Waals surface area (Å²) >= 11 is 3.62. The second-order valence-corrected chi connectivity index (χ2v) is 9.64. The molecule has 0 heterocycles. The Morgan fingerprint density at radius 1 is 0.906 bits per heavy atom. The second kappa shape index (κ2) is 36.1. The van der Waals surface area contributed by atoms with Gasteiger partial charge in [0.25, 0.3) is 0 Å². The molecule has 0 aromatic carbocycles. The number of alkyl halides is 1. The molecule has 0 amide bonds. The fraction of sp³-hybridized carbons (Fsp3) is 0.759. The van der Waals surface area contributed by atoms with Crippen LogP contribution < -0.4 is 0 Å². The molecule has 3 heteroatoms. The predicted molar refractivity (Wildman–Crippen MR) is 158 cm³/mol. The average Bonchev–Trinajstić information content (AvgIpc) is 2.69. The van der Waals surface area contributed by atoms with Crippen LogP contribution >= 0.6 is 19.8 Å². The first-order valence-corrected chi connectivity index (χ1v) is 21.0. The number of rotatable bonds is 7. The van der Waals surface area contributed by atoms with Crippen LogP contribution in [-0.4, -0.2) is 7.15 Å². The van der Waals surface area contributed by atoms with Gasteiger partial charge in [0, 0.05) is 0 Å². The number of allylic oxidation sites excluding steroid dienone is 4. The van der Waals surface area contributed by atoms with Crippen LogP contribution in [0, 0.1) is 36.5 Å². The van der Waals surface area contributed by atoms with Crippen LogP contribution in [0.3, 0.4) is 0 Å². The van der Waals surface area contributed by atoms with Gasteiger partial charge >= 0.3 is 34.5 Å². The first-order chi connectivity index (χ1) is 15.0. The number of hydrogen-bond donors (Lipinski definition) is 0. The van der Waals surface area contributed by atoms with Gasteiger partial charge in [-0.2, -0.15) is 5.92 Å². The van der Waals surface area contributed by atoms with E-state index in [1.165, 1.54) is 50.8 Å². The Kier molecular flexibility index (Phi) is 48.1. The van der Waals surface area contributed by atoms with Gasteiger partial charge in [0.2, 0.25) is 0 Å². The zero-order chi connectivity index (χ0) is 28.2. The van der Waals surface area contributed by atoms with Crippen molar-refractivity contribution in [1.82, 2.24) is 0 Å². The van der Waals surface area contributed by atoms with Crippen molar-refractivity contribution in [2.75, 3.05) is 7.15 Å². The van der Waals surface area contributed by atoms with Crippen LogP contribution in [0.4, 0.5) is 4.39 Å². The molecular formula is C29H60FIZn. The van der Waals surface area contributed by atoms with Gasteiger partial charge in [-0.3, -0.25) is 4.39 Å². The molecule has 2 atom stereocenters. The van der Waals surface area contributed by atoms with Crippen LogP contribution in [0.5, 0.6) is 0 Å². The molecule has 0 unspecified atom stereocenters. The third kappa shape index (κ3) is 63.2. The van der Waals surface area contributed by atoms with Gasteiger partial charge in [-0.1, -0.05) is 98.3 Å². The molecule has 0 bridgehead atoms. The Labute approximate surface area is 228 Å². The molecule has 192 valence electrons. The van der Waals surface area contributed by atoms with Gasteiger partial charge in [-0.05, 0) is 70.6 Å². The van der Waals surface area contributed by atoms with E-state index >= 15 is 0 Å². The summed E-state index contributed by atoms with van der Waals surface area (Å²) in [6.07, 6.45) is 5.88. The van der Waals surface area contributed by atoms with Crippen molar-refractivity contribution in [3.05, 3.63) is 42.9 Å². The Morgan fingerprint density at radius 2 is 1.12 bits per heavy atom. The molecular weight excluding hydrogens is 560 g/mol. The van der Waals surface area contributed by atoms with E-state index in [-0.39, 0.29) is 0 Å². The quantitative estimate of drug-likeness (QED) is 0.115. The zero-order valence-electron chi connectivity index (χ0n) is 25.4. The molecule has 0 saturated heterocycles. The van der Waals surface area contributed by atoms with Crippen LogP contribution in [0.15, 0.2) is 36.0 Å². The van der Waals surface area contributed by atoms with Crippen LogP contribution in [0.2, 0.25) is 0 Å². The molecule has 0 radical (unpaired) electrons. The van der Waals surface area contributed by atoms with E-state index in [4.69, 9.17) is 1.37 Å². The Morgan fingerprint density at radius 3 is 1.16 bits per heavy atom. The summed E-state index contributed by atoms with van der Waals surface area (Å²) in [5.41, 5.74) is 4.09. The van der Waals surface area contributed by atoms with Crippen molar-refractivity contribution >= 4 is 19.8 Å². The second-order valence-electron chi connectivity index (χ2n) is 9.64. The van der Waals surface area contributed by atoms with Crippen molar-refractivity contribution in [3.63, 3.8) is 0 Å². The van der Waals surface area contributed by atoms with Crippen molar-refractivity contribution in [2.24, 2.45) is 29.6 Å². The molecule has 0 aromatic heterocycles. The fourth-order valence-corrected chi connectivity index (χ4v) is 2.02. The first-order valence-electron chi connectivity index (χ1n) is 12.6. The average molecular weight is 621 g/mol. The molecule has 0 saturated carbocycles. The van der Waals surface area contributed by atoms with E-state index in [1.54, 1.807) is 0 Å². The van der Waals surface area contributed by atoms with Crippen molar-refractivity contribution in [1.29, 1.82) is 0 Å². The third-order valence-electron chi connectivity index (χ3n) is 4.38. The minimum atomic E-state index is -1.00. The SMILES string of the molecule is C/C=C(\C)CC.C=C(C)[C@@H](C)CC(C)C.C=C(C)[C@H](C)CC(C)C.[2H]CF.[CH2-]C(C)C.[Zn+][I]. The van der Waals surface area contributed by atoms with Crippen molar-refractivity contribution < 1.29 is 20.5 Å². The molecule has 0 spiro atoms. The van der Waals surface area contributed by atoms with Gasteiger partial charge in [0.05, 0.1) is 8.52 Å².